The molecule has 1 aromatic carbocycles. The highest BCUT2D eigenvalue weighted by Crippen LogP contribution is 2.18. The van der Waals surface area contributed by atoms with Crippen LogP contribution in [-0.4, -0.2) is 26.2 Å². The number of rotatable bonds is 4. The molecule has 0 fully saturated rings. The third-order valence-corrected chi connectivity index (χ3v) is 3.38. The summed E-state index contributed by atoms with van der Waals surface area (Å²) in [4.78, 5) is 4.00. The molecule has 2 aromatic heterocycles. The smallest absolute Gasteiger partial charge is 0.220 e. The number of hydrogen-bond donors (Lipinski definition) is 0. The van der Waals surface area contributed by atoms with Crippen molar-refractivity contribution in [1.82, 2.24) is 19.6 Å². The summed E-state index contributed by atoms with van der Waals surface area (Å²) >= 11 is 3.26. The van der Waals surface area contributed by atoms with Crippen LogP contribution in [-0.2, 0) is 6.42 Å². The number of hydrogen-bond acceptors (Lipinski definition) is 4. The van der Waals surface area contributed by atoms with Crippen LogP contribution < -0.4 is 4.74 Å². The second-order valence-corrected chi connectivity index (χ2v) is 4.96. The van der Waals surface area contributed by atoms with Crippen molar-refractivity contribution in [2.24, 2.45) is 0 Å². The molecule has 21 heavy (non-hydrogen) atoms. The Labute approximate surface area is 126 Å². The normalized spacial score (nSPS) is 11.0. The molecule has 0 aliphatic rings. The first-order valence-electron chi connectivity index (χ1n) is 6.06. The zero-order valence-corrected chi connectivity index (χ0v) is 12.2. The first-order valence-corrected chi connectivity index (χ1v) is 6.86. The summed E-state index contributed by atoms with van der Waals surface area (Å²) in [5.41, 5.74) is 1.20. The fourth-order valence-electron chi connectivity index (χ4n) is 1.86. The predicted octanol–water partition coefficient (Wildman–Crippen LogP) is 2.79. The van der Waals surface area contributed by atoms with Gasteiger partial charge in [-0.25, -0.2) is 13.2 Å². The van der Waals surface area contributed by atoms with Crippen LogP contribution in [0.2, 0.25) is 0 Å². The van der Waals surface area contributed by atoms with Gasteiger partial charge in [-0.1, -0.05) is 6.07 Å². The van der Waals surface area contributed by atoms with Crippen molar-refractivity contribution in [2.75, 3.05) is 6.61 Å². The lowest BCUT2D eigenvalue weighted by Crippen LogP contribution is -2.06. The van der Waals surface area contributed by atoms with Gasteiger partial charge in [0, 0.05) is 6.42 Å². The molecule has 0 radical (unpaired) electrons. The van der Waals surface area contributed by atoms with Gasteiger partial charge in [0.1, 0.15) is 0 Å². The lowest BCUT2D eigenvalue weighted by molar-refractivity contribution is 0.303. The lowest BCUT2D eigenvalue weighted by Gasteiger charge is -2.08. The predicted molar refractivity (Wildman–Crippen MR) is 74.0 cm³/mol. The topological polar surface area (TPSA) is 52.3 Å². The summed E-state index contributed by atoms with van der Waals surface area (Å²) in [6.45, 7) is 0.288. The minimum atomic E-state index is -0.863. The van der Waals surface area contributed by atoms with Gasteiger partial charge in [0.05, 0.1) is 19.0 Å². The molecule has 108 valence electrons. The van der Waals surface area contributed by atoms with Gasteiger partial charge < -0.3 is 4.74 Å². The quantitative estimate of drug-likeness (QED) is 0.722. The van der Waals surface area contributed by atoms with Crippen LogP contribution >= 0.6 is 15.9 Å². The van der Waals surface area contributed by atoms with Crippen LogP contribution in [0.25, 0.3) is 5.65 Å². The Morgan fingerprint density at radius 3 is 2.81 bits per heavy atom. The monoisotopic (exact) mass is 354 g/mol. The Hall–Kier alpha value is -2.09. The van der Waals surface area contributed by atoms with Crippen molar-refractivity contribution < 1.29 is 13.5 Å². The van der Waals surface area contributed by atoms with Crippen LogP contribution in [0.1, 0.15) is 5.56 Å². The van der Waals surface area contributed by atoms with Crippen molar-refractivity contribution in [2.45, 2.75) is 6.42 Å². The number of nitrogens with zero attached hydrogens (tertiary/aromatic N) is 4. The molecule has 0 aliphatic carbocycles. The van der Waals surface area contributed by atoms with E-state index in [1.54, 1.807) is 10.6 Å². The van der Waals surface area contributed by atoms with Crippen molar-refractivity contribution in [3.63, 3.8) is 0 Å². The van der Waals surface area contributed by atoms with Gasteiger partial charge in [-0.3, -0.25) is 4.98 Å². The molecule has 0 aliphatic heterocycles. The lowest BCUT2D eigenvalue weighted by atomic mass is 10.1. The van der Waals surface area contributed by atoms with E-state index in [0.29, 0.717) is 28.2 Å². The van der Waals surface area contributed by atoms with Gasteiger partial charge in [0.15, 0.2) is 17.3 Å². The second-order valence-electron chi connectivity index (χ2n) is 4.26. The minimum Gasteiger partial charge on any atom is -0.477 e. The van der Waals surface area contributed by atoms with Gasteiger partial charge in [-0.05, 0) is 33.6 Å². The summed E-state index contributed by atoms with van der Waals surface area (Å²) in [6.07, 6.45) is 3.53. The van der Waals surface area contributed by atoms with E-state index in [2.05, 4.69) is 31.1 Å². The van der Waals surface area contributed by atoms with E-state index in [0.717, 1.165) is 12.1 Å². The van der Waals surface area contributed by atoms with E-state index < -0.39 is 11.6 Å². The number of halogens is 3. The standard InChI is InChI=1S/C13H9BrF2N4O/c14-13-19-18-11-6-17-7-12(20(11)13)21-4-3-8-1-2-9(15)10(16)5-8/h1-2,5-7H,3-4H2. The number of aromatic nitrogens is 4. The van der Waals surface area contributed by atoms with Gasteiger partial charge in [0.25, 0.3) is 0 Å². The van der Waals surface area contributed by atoms with Crippen molar-refractivity contribution in [1.29, 1.82) is 0 Å². The van der Waals surface area contributed by atoms with E-state index in [4.69, 9.17) is 4.74 Å². The minimum absolute atomic E-state index is 0.288. The maximum absolute atomic E-state index is 13.1. The third-order valence-electron chi connectivity index (χ3n) is 2.87. The van der Waals surface area contributed by atoms with Crippen LogP contribution in [0.5, 0.6) is 5.88 Å². The number of ether oxygens (including phenoxy) is 1. The molecule has 5 nitrogen and oxygen atoms in total. The molecule has 0 saturated carbocycles. The molecule has 0 saturated heterocycles. The molecule has 8 heteroatoms. The average molecular weight is 355 g/mol. The summed E-state index contributed by atoms with van der Waals surface area (Å²) in [5.74, 6) is -1.26. The fraction of sp³-hybridized carbons (Fsp3) is 0.154. The zero-order chi connectivity index (χ0) is 14.8. The average Bonchev–Trinajstić information content (AvgIpc) is 2.85. The third kappa shape index (κ3) is 2.85. The fourth-order valence-corrected chi connectivity index (χ4v) is 2.30. The molecule has 0 unspecified atom stereocenters. The Morgan fingerprint density at radius 1 is 1.14 bits per heavy atom. The molecular formula is C13H9BrF2N4O. The molecular weight excluding hydrogens is 346 g/mol. The van der Waals surface area contributed by atoms with E-state index in [9.17, 15) is 8.78 Å². The van der Waals surface area contributed by atoms with Crippen LogP contribution in [0.3, 0.4) is 0 Å². The zero-order valence-electron chi connectivity index (χ0n) is 10.6. The first-order chi connectivity index (χ1) is 10.1. The van der Waals surface area contributed by atoms with E-state index in [1.807, 2.05) is 0 Å². The summed E-state index contributed by atoms with van der Waals surface area (Å²) in [5, 5.41) is 7.76. The molecule has 0 N–H and O–H groups in total. The summed E-state index contributed by atoms with van der Waals surface area (Å²) in [6, 6.07) is 3.78. The van der Waals surface area contributed by atoms with Crippen LogP contribution in [0.4, 0.5) is 8.78 Å². The SMILES string of the molecule is Fc1ccc(CCOc2cncc3nnc(Br)n23)cc1F. The molecule has 0 atom stereocenters. The second kappa shape index (κ2) is 5.72. The number of fused-ring (bicyclic) bond motifs is 1. The Bertz CT molecular complexity index is 793. The van der Waals surface area contributed by atoms with Gasteiger partial charge in [-0.15, -0.1) is 10.2 Å². The summed E-state index contributed by atoms with van der Waals surface area (Å²) in [7, 11) is 0. The Balaban J connectivity index is 1.72. The highest BCUT2D eigenvalue weighted by Gasteiger charge is 2.09. The van der Waals surface area contributed by atoms with Gasteiger partial charge >= 0.3 is 0 Å². The summed E-state index contributed by atoms with van der Waals surface area (Å²) < 4.78 is 33.7. The van der Waals surface area contributed by atoms with E-state index >= 15 is 0 Å². The highest BCUT2D eigenvalue weighted by molar-refractivity contribution is 9.10. The van der Waals surface area contributed by atoms with Crippen molar-refractivity contribution in [3.8, 4) is 5.88 Å². The largest absolute Gasteiger partial charge is 0.477 e. The van der Waals surface area contributed by atoms with Gasteiger partial charge in [-0.2, -0.15) is 0 Å². The maximum atomic E-state index is 13.1. The van der Waals surface area contributed by atoms with Crippen LogP contribution in [0.15, 0.2) is 35.3 Å². The molecule has 2 heterocycles. The number of benzene rings is 1. The van der Waals surface area contributed by atoms with Crippen molar-refractivity contribution >= 4 is 21.6 Å². The molecule has 0 spiro atoms. The van der Waals surface area contributed by atoms with E-state index in [-0.39, 0.29) is 6.61 Å². The Kier molecular flexibility index (Phi) is 3.78. The molecule has 3 aromatic rings. The van der Waals surface area contributed by atoms with E-state index in [1.165, 1.54) is 12.3 Å². The molecule has 3 rings (SSSR count). The Morgan fingerprint density at radius 2 is 2.00 bits per heavy atom. The maximum Gasteiger partial charge on any atom is 0.220 e. The van der Waals surface area contributed by atoms with Crippen molar-refractivity contribution in [3.05, 3.63) is 52.5 Å². The first kappa shape index (κ1) is 13.9. The highest BCUT2D eigenvalue weighted by atomic mass is 79.9. The molecule has 0 bridgehead atoms. The molecule has 0 amide bonds. The van der Waals surface area contributed by atoms with Crippen LogP contribution in [0, 0.1) is 11.6 Å². The van der Waals surface area contributed by atoms with Gasteiger partial charge in [0.2, 0.25) is 10.6 Å².